The van der Waals surface area contributed by atoms with Crippen molar-refractivity contribution in [2.75, 3.05) is 5.32 Å². The summed E-state index contributed by atoms with van der Waals surface area (Å²) >= 11 is 0. The van der Waals surface area contributed by atoms with Crippen LogP contribution in [0.1, 0.15) is 31.4 Å². The number of aromatic nitrogens is 1. The predicted octanol–water partition coefficient (Wildman–Crippen LogP) is 3.90. The maximum atomic E-state index is 12.8. The van der Waals surface area contributed by atoms with Gasteiger partial charge in [0.2, 0.25) is 5.91 Å². The Morgan fingerprint density at radius 3 is 2.56 bits per heavy atom. The lowest BCUT2D eigenvalue weighted by Gasteiger charge is -2.12. The summed E-state index contributed by atoms with van der Waals surface area (Å²) in [6.45, 7) is 3.75. The highest BCUT2D eigenvalue weighted by atomic mass is 19.4. The van der Waals surface area contributed by atoms with E-state index in [9.17, 15) is 22.8 Å². The number of hydrogen-bond acceptors (Lipinski definition) is 2. The predicted molar refractivity (Wildman–Crippen MR) is 89.3 cm³/mol. The number of hydrogen-bond donors (Lipinski definition) is 1. The second kappa shape index (κ2) is 7.55. The number of nitrogens with zero attached hydrogens (tertiary/aromatic N) is 1. The molecule has 2 aromatic rings. The number of carbonyl (C=O) groups is 1. The van der Waals surface area contributed by atoms with E-state index in [0.717, 1.165) is 12.1 Å². The molecule has 1 amide bonds. The van der Waals surface area contributed by atoms with E-state index in [1.54, 1.807) is 6.07 Å². The summed E-state index contributed by atoms with van der Waals surface area (Å²) in [5.74, 6) is -0.125. The zero-order valence-electron chi connectivity index (χ0n) is 13.9. The van der Waals surface area contributed by atoms with E-state index in [1.165, 1.54) is 29.0 Å². The number of alkyl halides is 3. The minimum absolute atomic E-state index is 0.0172. The molecule has 0 radical (unpaired) electrons. The molecule has 25 heavy (non-hydrogen) atoms. The van der Waals surface area contributed by atoms with Gasteiger partial charge in [-0.2, -0.15) is 13.2 Å². The highest BCUT2D eigenvalue weighted by molar-refractivity contribution is 5.90. The molecule has 2 rings (SSSR count). The average Bonchev–Trinajstić information content (AvgIpc) is 2.50. The van der Waals surface area contributed by atoms with Gasteiger partial charge in [0.15, 0.2) is 0 Å². The van der Waals surface area contributed by atoms with E-state index in [4.69, 9.17) is 0 Å². The Hall–Kier alpha value is -2.57. The van der Waals surface area contributed by atoms with Crippen molar-refractivity contribution in [2.24, 2.45) is 5.92 Å². The molecule has 1 aromatic heterocycles. The number of amides is 1. The highest BCUT2D eigenvalue weighted by Gasteiger charge is 2.30. The number of carbonyl (C=O) groups excluding carboxylic acids is 1. The molecule has 0 atom stereocenters. The summed E-state index contributed by atoms with van der Waals surface area (Å²) in [6.07, 6.45) is -2.68. The third kappa shape index (κ3) is 5.20. The van der Waals surface area contributed by atoms with Crippen LogP contribution in [0.25, 0.3) is 0 Å². The Bertz CT molecular complexity index is 810. The zero-order valence-corrected chi connectivity index (χ0v) is 13.9. The van der Waals surface area contributed by atoms with Gasteiger partial charge in [-0.25, -0.2) is 0 Å². The van der Waals surface area contributed by atoms with Gasteiger partial charge in [-0.1, -0.05) is 26.0 Å². The molecule has 134 valence electrons. The molecule has 0 aliphatic carbocycles. The van der Waals surface area contributed by atoms with Gasteiger partial charge in [-0.05, 0) is 35.7 Å². The fourth-order valence-electron chi connectivity index (χ4n) is 2.37. The normalized spacial score (nSPS) is 11.6. The molecule has 0 saturated heterocycles. The molecule has 1 heterocycles. The topological polar surface area (TPSA) is 51.1 Å². The minimum atomic E-state index is -4.44. The lowest BCUT2D eigenvalue weighted by Crippen LogP contribution is -2.26. The van der Waals surface area contributed by atoms with E-state index in [1.807, 2.05) is 13.8 Å². The Kier molecular flexibility index (Phi) is 5.66. The molecule has 0 spiro atoms. The van der Waals surface area contributed by atoms with Crippen molar-refractivity contribution in [1.82, 2.24) is 4.57 Å². The molecule has 0 fully saturated rings. The van der Waals surface area contributed by atoms with E-state index in [2.05, 4.69) is 5.32 Å². The van der Waals surface area contributed by atoms with Crippen LogP contribution in [0.2, 0.25) is 0 Å². The maximum absolute atomic E-state index is 12.8. The molecule has 1 N–H and O–H groups in total. The van der Waals surface area contributed by atoms with Crippen LogP contribution < -0.4 is 10.9 Å². The molecule has 0 aliphatic rings. The van der Waals surface area contributed by atoms with Crippen LogP contribution in [0.3, 0.4) is 0 Å². The number of rotatable bonds is 5. The Morgan fingerprint density at radius 1 is 1.20 bits per heavy atom. The molecule has 0 unspecified atom stereocenters. The minimum Gasteiger partial charge on any atom is -0.321 e. The van der Waals surface area contributed by atoms with Crippen molar-refractivity contribution in [3.8, 4) is 0 Å². The van der Waals surface area contributed by atoms with Crippen molar-refractivity contribution in [1.29, 1.82) is 0 Å². The van der Waals surface area contributed by atoms with Crippen LogP contribution in [0, 0.1) is 5.92 Å². The average molecular weight is 352 g/mol. The third-order valence-electron chi connectivity index (χ3n) is 3.50. The van der Waals surface area contributed by atoms with E-state index >= 15 is 0 Å². The molecule has 0 aliphatic heterocycles. The maximum Gasteiger partial charge on any atom is 0.416 e. The van der Waals surface area contributed by atoms with Gasteiger partial charge in [0.1, 0.15) is 5.69 Å². The van der Waals surface area contributed by atoms with Crippen LogP contribution >= 0.6 is 0 Å². The first kappa shape index (κ1) is 18.8. The van der Waals surface area contributed by atoms with E-state index < -0.39 is 17.3 Å². The summed E-state index contributed by atoms with van der Waals surface area (Å²) in [4.78, 5) is 24.2. The fourth-order valence-corrected chi connectivity index (χ4v) is 2.37. The van der Waals surface area contributed by atoms with Crippen LogP contribution in [0.4, 0.5) is 18.9 Å². The van der Waals surface area contributed by atoms with Crippen molar-refractivity contribution in [3.63, 3.8) is 0 Å². The fraction of sp³-hybridized carbons (Fsp3) is 0.333. The lowest BCUT2D eigenvalue weighted by atomic mass is 10.1. The zero-order chi connectivity index (χ0) is 18.6. The first-order valence-corrected chi connectivity index (χ1v) is 7.82. The smallest absolute Gasteiger partial charge is 0.321 e. The monoisotopic (exact) mass is 352 g/mol. The van der Waals surface area contributed by atoms with Gasteiger partial charge < -0.3 is 9.88 Å². The first-order chi connectivity index (χ1) is 11.7. The van der Waals surface area contributed by atoms with Gasteiger partial charge in [0, 0.05) is 12.6 Å². The molecule has 7 heteroatoms. The standard InChI is InChI=1S/C18H19F3N2O2/c1-12(2)9-16(24)22-15-7-4-8-23(17(15)25)11-13-5-3-6-14(10-13)18(19,20)21/h3-8,10,12H,9,11H2,1-2H3,(H,22,24). The second-order valence-corrected chi connectivity index (χ2v) is 6.20. The Labute approximate surface area is 143 Å². The number of halogens is 3. The SMILES string of the molecule is CC(C)CC(=O)Nc1cccn(Cc2cccc(C(F)(F)F)c2)c1=O. The number of nitrogens with one attached hydrogen (secondary N) is 1. The summed E-state index contributed by atoms with van der Waals surface area (Å²) in [5, 5.41) is 2.55. The van der Waals surface area contributed by atoms with Crippen molar-refractivity contribution in [3.05, 3.63) is 64.1 Å². The van der Waals surface area contributed by atoms with E-state index in [0.29, 0.717) is 5.56 Å². The molecule has 1 aromatic carbocycles. The van der Waals surface area contributed by atoms with Crippen molar-refractivity contribution >= 4 is 11.6 Å². The third-order valence-corrected chi connectivity index (χ3v) is 3.50. The number of anilines is 1. The quantitative estimate of drug-likeness (QED) is 0.887. The lowest BCUT2D eigenvalue weighted by molar-refractivity contribution is -0.137. The van der Waals surface area contributed by atoms with Gasteiger partial charge in [0.05, 0.1) is 12.1 Å². The number of pyridine rings is 1. The first-order valence-electron chi connectivity index (χ1n) is 7.82. The van der Waals surface area contributed by atoms with Crippen LogP contribution in [-0.4, -0.2) is 10.5 Å². The second-order valence-electron chi connectivity index (χ2n) is 6.20. The largest absolute Gasteiger partial charge is 0.416 e. The molecule has 4 nitrogen and oxygen atoms in total. The van der Waals surface area contributed by atoms with Crippen LogP contribution in [0.5, 0.6) is 0 Å². The molecular formula is C18H19F3N2O2. The Balaban J connectivity index is 2.23. The summed E-state index contributed by atoms with van der Waals surface area (Å²) in [5.41, 5.74) is -0.765. The van der Waals surface area contributed by atoms with Crippen LogP contribution in [0.15, 0.2) is 47.4 Å². The summed E-state index contributed by atoms with van der Waals surface area (Å²) in [6, 6.07) is 7.86. The van der Waals surface area contributed by atoms with Crippen molar-refractivity contribution in [2.45, 2.75) is 33.0 Å². The van der Waals surface area contributed by atoms with E-state index in [-0.39, 0.29) is 30.5 Å². The molecule has 0 bridgehead atoms. The number of benzene rings is 1. The summed E-state index contributed by atoms with van der Waals surface area (Å²) < 4.78 is 39.6. The summed E-state index contributed by atoms with van der Waals surface area (Å²) in [7, 11) is 0. The molecular weight excluding hydrogens is 333 g/mol. The van der Waals surface area contributed by atoms with Gasteiger partial charge in [0.25, 0.3) is 5.56 Å². The highest BCUT2D eigenvalue weighted by Crippen LogP contribution is 2.29. The van der Waals surface area contributed by atoms with Crippen molar-refractivity contribution < 1.29 is 18.0 Å². The van der Waals surface area contributed by atoms with Gasteiger partial charge >= 0.3 is 6.18 Å². The van der Waals surface area contributed by atoms with Gasteiger partial charge in [-0.3, -0.25) is 9.59 Å². The Morgan fingerprint density at radius 2 is 1.92 bits per heavy atom. The van der Waals surface area contributed by atoms with Gasteiger partial charge in [-0.15, -0.1) is 0 Å². The molecule has 0 saturated carbocycles. The van der Waals surface area contributed by atoms with Crippen LogP contribution in [-0.2, 0) is 17.5 Å².